The van der Waals surface area contributed by atoms with E-state index >= 15 is 0 Å². The molecule has 2 nitrogen and oxygen atoms in total. The van der Waals surface area contributed by atoms with Gasteiger partial charge in [-0.2, -0.15) is 0 Å². The van der Waals surface area contributed by atoms with Gasteiger partial charge in [-0.1, -0.05) is 6.92 Å². The van der Waals surface area contributed by atoms with Gasteiger partial charge in [-0.3, -0.25) is 0 Å². The monoisotopic (exact) mass is 266 g/mol. The minimum atomic E-state index is -0.169. The van der Waals surface area contributed by atoms with Gasteiger partial charge in [0.1, 0.15) is 5.82 Å². The molecule has 0 amide bonds. The molecule has 0 aliphatic rings. The largest absolute Gasteiger partial charge is 0.372 e. The molecule has 0 saturated heterocycles. The van der Waals surface area contributed by atoms with Gasteiger partial charge >= 0.3 is 0 Å². The summed E-state index contributed by atoms with van der Waals surface area (Å²) >= 11 is 0. The Kier molecular flexibility index (Phi) is 7.49. The molecule has 1 N–H and O–H groups in total. The standard InChI is InChI=1S/C16H27FN2/c1-4-12-18-14(3)7-6-13-19(5-2)16-10-8-15(17)9-11-16/h8-11,14,18H,4-7,12-13H2,1-3H3. The van der Waals surface area contributed by atoms with E-state index in [9.17, 15) is 4.39 Å². The summed E-state index contributed by atoms with van der Waals surface area (Å²) in [5.41, 5.74) is 1.11. The predicted octanol–water partition coefficient (Wildman–Crippen LogP) is 3.82. The summed E-state index contributed by atoms with van der Waals surface area (Å²) in [7, 11) is 0. The van der Waals surface area contributed by atoms with E-state index in [0.29, 0.717) is 6.04 Å². The summed E-state index contributed by atoms with van der Waals surface area (Å²) in [4.78, 5) is 2.30. The van der Waals surface area contributed by atoms with Crippen LogP contribution >= 0.6 is 0 Å². The summed E-state index contributed by atoms with van der Waals surface area (Å²) < 4.78 is 12.9. The zero-order valence-corrected chi connectivity index (χ0v) is 12.5. The van der Waals surface area contributed by atoms with E-state index in [0.717, 1.165) is 31.7 Å². The molecule has 0 aromatic heterocycles. The first-order valence-corrected chi connectivity index (χ1v) is 7.41. The molecule has 108 valence electrons. The first-order valence-electron chi connectivity index (χ1n) is 7.41. The first-order chi connectivity index (χ1) is 9.17. The SMILES string of the molecule is CCCNC(C)CCCN(CC)c1ccc(F)cc1. The van der Waals surface area contributed by atoms with Crippen LogP contribution in [0.25, 0.3) is 0 Å². The van der Waals surface area contributed by atoms with Crippen molar-refractivity contribution in [2.75, 3.05) is 24.5 Å². The molecule has 0 spiro atoms. The van der Waals surface area contributed by atoms with Gasteiger partial charge in [0.15, 0.2) is 0 Å². The lowest BCUT2D eigenvalue weighted by Crippen LogP contribution is -2.29. The third kappa shape index (κ3) is 6.06. The topological polar surface area (TPSA) is 15.3 Å². The molecular weight excluding hydrogens is 239 g/mol. The number of rotatable bonds is 9. The highest BCUT2D eigenvalue weighted by molar-refractivity contribution is 5.45. The number of nitrogens with one attached hydrogen (secondary N) is 1. The number of anilines is 1. The van der Waals surface area contributed by atoms with Gasteiger partial charge in [0.25, 0.3) is 0 Å². The van der Waals surface area contributed by atoms with Crippen molar-refractivity contribution >= 4 is 5.69 Å². The van der Waals surface area contributed by atoms with Crippen molar-refractivity contribution in [3.8, 4) is 0 Å². The molecule has 1 atom stereocenters. The molecule has 19 heavy (non-hydrogen) atoms. The van der Waals surface area contributed by atoms with E-state index in [1.54, 1.807) is 0 Å². The summed E-state index contributed by atoms with van der Waals surface area (Å²) in [5, 5.41) is 3.50. The number of benzene rings is 1. The maximum absolute atomic E-state index is 12.9. The maximum Gasteiger partial charge on any atom is 0.123 e. The van der Waals surface area contributed by atoms with Crippen LogP contribution in [0, 0.1) is 5.82 Å². The Balaban J connectivity index is 2.34. The van der Waals surface area contributed by atoms with Gasteiger partial charge in [-0.25, -0.2) is 4.39 Å². The van der Waals surface area contributed by atoms with Crippen molar-refractivity contribution in [3.63, 3.8) is 0 Å². The van der Waals surface area contributed by atoms with Crippen LogP contribution in [0.5, 0.6) is 0 Å². The van der Waals surface area contributed by atoms with E-state index in [2.05, 4.69) is 31.0 Å². The fourth-order valence-electron chi connectivity index (χ4n) is 2.20. The normalized spacial score (nSPS) is 12.4. The molecule has 1 aromatic rings. The summed E-state index contributed by atoms with van der Waals surface area (Å²) in [6, 6.07) is 7.36. The second-order valence-corrected chi connectivity index (χ2v) is 5.05. The summed E-state index contributed by atoms with van der Waals surface area (Å²) in [6.07, 6.45) is 3.52. The lowest BCUT2D eigenvalue weighted by atomic mass is 10.1. The minimum Gasteiger partial charge on any atom is -0.372 e. The van der Waals surface area contributed by atoms with Gasteiger partial charge in [0.2, 0.25) is 0 Å². The smallest absolute Gasteiger partial charge is 0.123 e. The highest BCUT2D eigenvalue weighted by Crippen LogP contribution is 2.15. The molecule has 1 unspecified atom stereocenters. The van der Waals surface area contributed by atoms with E-state index in [4.69, 9.17) is 0 Å². The molecule has 0 heterocycles. The van der Waals surface area contributed by atoms with Crippen molar-refractivity contribution in [1.29, 1.82) is 0 Å². The highest BCUT2D eigenvalue weighted by Gasteiger charge is 2.06. The Hall–Kier alpha value is -1.09. The molecule has 3 heteroatoms. The van der Waals surface area contributed by atoms with Crippen LogP contribution in [-0.2, 0) is 0 Å². The Morgan fingerprint density at radius 3 is 2.47 bits per heavy atom. The minimum absolute atomic E-state index is 0.169. The van der Waals surface area contributed by atoms with Crippen LogP contribution in [0.1, 0.15) is 40.0 Å². The Labute approximate surface area is 117 Å². The van der Waals surface area contributed by atoms with Crippen molar-refractivity contribution in [2.24, 2.45) is 0 Å². The van der Waals surface area contributed by atoms with E-state index < -0.39 is 0 Å². The third-order valence-corrected chi connectivity index (χ3v) is 3.38. The highest BCUT2D eigenvalue weighted by atomic mass is 19.1. The lowest BCUT2D eigenvalue weighted by Gasteiger charge is -2.24. The Morgan fingerprint density at radius 2 is 1.89 bits per heavy atom. The van der Waals surface area contributed by atoms with Gasteiger partial charge in [0, 0.05) is 24.8 Å². The van der Waals surface area contributed by atoms with Crippen molar-refractivity contribution in [2.45, 2.75) is 46.1 Å². The fraction of sp³-hybridized carbons (Fsp3) is 0.625. The number of hydrogen-bond donors (Lipinski definition) is 1. The zero-order valence-electron chi connectivity index (χ0n) is 12.5. The lowest BCUT2D eigenvalue weighted by molar-refractivity contribution is 0.497. The molecule has 0 bridgehead atoms. The molecule has 0 radical (unpaired) electrons. The molecular formula is C16H27FN2. The van der Waals surface area contributed by atoms with Crippen LogP contribution in [0.2, 0.25) is 0 Å². The summed E-state index contributed by atoms with van der Waals surface area (Å²) in [6.45, 7) is 9.65. The second-order valence-electron chi connectivity index (χ2n) is 5.05. The van der Waals surface area contributed by atoms with Crippen LogP contribution < -0.4 is 10.2 Å². The molecule has 0 aliphatic carbocycles. The first kappa shape index (κ1) is 16.0. The van der Waals surface area contributed by atoms with Crippen molar-refractivity contribution in [3.05, 3.63) is 30.1 Å². The van der Waals surface area contributed by atoms with E-state index in [-0.39, 0.29) is 5.82 Å². The average Bonchev–Trinajstić information content (AvgIpc) is 2.42. The Bertz CT molecular complexity index is 337. The number of halogens is 1. The maximum atomic E-state index is 12.9. The molecule has 0 fully saturated rings. The van der Waals surface area contributed by atoms with Crippen LogP contribution in [0.3, 0.4) is 0 Å². The van der Waals surface area contributed by atoms with E-state index in [1.165, 1.54) is 25.0 Å². The van der Waals surface area contributed by atoms with Gasteiger partial charge < -0.3 is 10.2 Å². The summed E-state index contributed by atoms with van der Waals surface area (Å²) in [5.74, 6) is -0.169. The zero-order chi connectivity index (χ0) is 14.1. The van der Waals surface area contributed by atoms with Gasteiger partial charge in [-0.15, -0.1) is 0 Å². The van der Waals surface area contributed by atoms with E-state index in [1.807, 2.05) is 12.1 Å². The molecule has 0 aliphatic heterocycles. The molecule has 1 rings (SSSR count). The number of nitrogens with zero attached hydrogens (tertiary/aromatic N) is 1. The third-order valence-electron chi connectivity index (χ3n) is 3.38. The van der Waals surface area contributed by atoms with Gasteiger partial charge in [0.05, 0.1) is 0 Å². The molecule has 1 aromatic carbocycles. The van der Waals surface area contributed by atoms with Crippen LogP contribution in [-0.4, -0.2) is 25.7 Å². The second kappa shape index (κ2) is 8.92. The quantitative estimate of drug-likeness (QED) is 0.731. The Morgan fingerprint density at radius 1 is 1.21 bits per heavy atom. The number of hydrogen-bond acceptors (Lipinski definition) is 2. The van der Waals surface area contributed by atoms with Crippen molar-refractivity contribution in [1.82, 2.24) is 5.32 Å². The van der Waals surface area contributed by atoms with Crippen molar-refractivity contribution < 1.29 is 4.39 Å². The van der Waals surface area contributed by atoms with Crippen LogP contribution in [0.4, 0.5) is 10.1 Å². The van der Waals surface area contributed by atoms with Gasteiger partial charge in [-0.05, 0) is 63.9 Å². The average molecular weight is 266 g/mol. The fourth-order valence-corrected chi connectivity index (χ4v) is 2.20. The predicted molar refractivity (Wildman–Crippen MR) is 81.3 cm³/mol. The van der Waals surface area contributed by atoms with Crippen LogP contribution in [0.15, 0.2) is 24.3 Å². The molecule has 0 saturated carbocycles.